The van der Waals surface area contributed by atoms with Crippen LogP contribution in [-0.2, 0) is 41.6 Å². The molecule has 0 aliphatic rings. The Hall–Kier alpha value is -5.71. The van der Waals surface area contributed by atoms with Crippen LogP contribution < -0.4 is 27.4 Å². The number of carboxylic acid groups (broad SMARTS) is 3. The fraction of sp³-hybridized carbons (Fsp3) is 0.387. The Kier molecular flexibility index (Phi) is 20.0. The quantitative estimate of drug-likeness (QED) is 0.0820. The number of aliphatic carboxylic acids is 3. The van der Waals surface area contributed by atoms with Crippen LogP contribution in [-0.4, -0.2) is 112 Å². The summed E-state index contributed by atoms with van der Waals surface area (Å²) in [6.45, 7) is 1.83. The highest BCUT2D eigenvalue weighted by Gasteiger charge is 2.30. The fourth-order valence-electron chi connectivity index (χ4n) is 3.82. The molecule has 0 radical (unpaired) electrons. The number of carbonyl (C=O) groups is 6. The molecule has 2 rings (SSSR count). The molecule has 17 nitrogen and oxygen atoms in total. The van der Waals surface area contributed by atoms with Gasteiger partial charge in [-0.2, -0.15) is 0 Å². The van der Waals surface area contributed by atoms with Gasteiger partial charge in [-0.05, 0) is 36.7 Å². The second-order valence-electron chi connectivity index (χ2n) is 10.2. The van der Waals surface area contributed by atoms with Gasteiger partial charge >= 0.3 is 5.97 Å². The van der Waals surface area contributed by atoms with Crippen molar-refractivity contribution in [2.24, 2.45) is 16.5 Å². The van der Waals surface area contributed by atoms with Crippen LogP contribution in [0.4, 0.5) is 0 Å². The Balaban J connectivity index is 0.00000247. The van der Waals surface area contributed by atoms with Crippen molar-refractivity contribution in [2.45, 2.75) is 51.2 Å². The number of aromatic hydroxyl groups is 1. The van der Waals surface area contributed by atoms with Crippen LogP contribution in [0.25, 0.3) is 0 Å². The van der Waals surface area contributed by atoms with Crippen LogP contribution in [0.2, 0.25) is 0 Å². The maximum Gasteiger partial charge on any atom is 0.305 e. The molecule has 0 aliphatic carbocycles. The number of hydrogen-bond acceptors (Lipinski definition) is 9. The van der Waals surface area contributed by atoms with Gasteiger partial charge in [0.1, 0.15) is 17.8 Å². The van der Waals surface area contributed by atoms with E-state index in [2.05, 4.69) is 20.9 Å². The number of hydrogen-bond donors (Lipinski definition) is 9. The third-order valence-electron chi connectivity index (χ3n) is 6.07. The number of likely N-dealkylation sites (N-methyl/N-ethyl adjacent to an activating group) is 2. The Morgan fingerprint density at radius 1 is 0.771 bits per heavy atom. The predicted octanol–water partition coefficient (Wildman–Crippen LogP) is -0.877. The number of nitrogens with two attached hydrogens (primary N) is 2. The molecular weight excluding hydrogens is 630 g/mol. The number of guanidine groups is 1. The average molecular weight is 676 g/mol. The van der Waals surface area contributed by atoms with E-state index < -0.39 is 53.8 Å². The van der Waals surface area contributed by atoms with Gasteiger partial charge in [-0.25, -0.2) is 0 Å². The van der Waals surface area contributed by atoms with Gasteiger partial charge in [-0.1, -0.05) is 42.5 Å². The van der Waals surface area contributed by atoms with Crippen LogP contribution in [0.1, 0.15) is 31.4 Å². The zero-order chi connectivity index (χ0) is 36.8. The zero-order valence-corrected chi connectivity index (χ0v) is 27.3. The molecule has 2 aromatic carbocycles. The molecule has 0 aromatic heterocycles. The molecule has 17 heteroatoms. The number of nitrogens with zero attached hydrogens (tertiary/aromatic N) is 2. The Labute approximate surface area is 278 Å². The summed E-state index contributed by atoms with van der Waals surface area (Å²) in [5.74, 6) is -4.62. The molecule has 0 aliphatic heterocycles. The average Bonchev–Trinajstić information content (AvgIpc) is 3.00. The molecule has 3 atom stereocenters. The van der Waals surface area contributed by atoms with Crippen molar-refractivity contribution in [1.29, 1.82) is 0 Å². The standard InChI is InChI=1S/C27H37N7O6.2C2H4O2/c1-30-20(14-18-8-10-19(35)11-9-18)24(38)33-22(16-31-27(28)29)25(39)32-21(15-17-6-4-3-5-7-17)26(40)34(2)13-12-23(36)37;2*1-2(3)4/h3-11,20-22,30,35H,12-16H2,1-2H3,(H,32,39)(H,33,38)(H,36,37)(H4,28,29,31);2*1H3,(H,3,4)/t20-,21-,22+;;/m0../s1. The highest BCUT2D eigenvalue weighted by atomic mass is 16.4. The highest BCUT2D eigenvalue weighted by molar-refractivity contribution is 5.93. The summed E-state index contributed by atoms with van der Waals surface area (Å²) in [6, 6.07) is 12.4. The molecule has 11 N–H and O–H groups in total. The van der Waals surface area contributed by atoms with Gasteiger partial charge in [-0.15, -0.1) is 0 Å². The summed E-state index contributed by atoms with van der Waals surface area (Å²) in [4.78, 5) is 73.9. The van der Waals surface area contributed by atoms with Crippen LogP contribution in [0.15, 0.2) is 59.6 Å². The molecule has 0 bridgehead atoms. The second kappa shape index (κ2) is 22.7. The summed E-state index contributed by atoms with van der Waals surface area (Å²) in [5, 5.41) is 41.6. The number of carboxylic acids is 3. The molecule has 48 heavy (non-hydrogen) atoms. The van der Waals surface area contributed by atoms with E-state index >= 15 is 0 Å². The SMILES string of the molecule is CC(=O)O.CC(=O)O.CN[C@@H](Cc1ccc(O)cc1)C(=O)N[C@H](CN=C(N)N)C(=O)N[C@@H](Cc1ccccc1)C(=O)N(C)CCC(=O)O. The normalized spacial score (nSPS) is 11.8. The number of amides is 3. The summed E-state index contributed by atoms with van der Waals surface area (Å²) >= 11 is 0. The lowest BCUT2D eigenvalue weighted by molar-refractivity contribution is -0.140. The van der Waals surface area contributed by atoms with Crippen molar-refractivity contribution in [2.75, 3.05) is 27.2 Å². The van der Waals surface area contributed by atoms with Crippen molar-refractivity contribution >= 4 is 41.6 Å². The molecule has 3 amide bonds. The van der Waals surface area contributed by atoms with Gasteiger partial charge in [0, 0.05) is 33.9 Å². The first-order chi connectivity index (χ1) is 22.5. The minimum atomic E-state index is -1.22. The van der Waals surface area contributed by atoms with E-state index in [0.717, 1.165) is 25.0 Å². The number of benzene rings is 2. The molecule has 0 unspecified atom stereocenters. The Morgan fingerprint density at radius 2 is 1.23 bits per heavy atom. The number of carbonyl (C=O) groups excluding carboxylic acids is 3. The molecule has 2 aromatic rings. The van der Waals surface area contributed by atoms with Gasteiger partial charge in [0.2, 0.25) is 17.7 Å². The van der Waals surface area contributed by atoms with E-state index in [9.17, 15) is 24.3 Å². The molecule has 0 spiro atoms. The minimum Gasteiger partial charge on any atom is -0.508 e. The highest BCUT2D eigenvalue weighted by Crippen LogP contribution is 2.12. The maximum atomic E-state index is 13.4. The van der Waals surface area contributed by atoms with E-state index in [1.54, 1.807) is 43.4 Å². The van der Waals surface area contributed by atoms with E-state index in [1.165, 1.54) is 24.1 Å². The third-order valence-corrected chi connectivity index (χ3v) is 6.07. The van der Waals surface area contributed by atoms with Crippen LogP contribution in [0.3, 0.4) is 0 Å². The van der Waals surface area contributed by atoms with E-state index in [0.29, 0.717) is 0 Å². The van der Waals surface area contributed by atoms with Crippen molar-refractivity contribution in [1.82, 2.24) is 20.9 Å². The van der Waals surface area contributed by atoms with Crippen LogP contribution in [0.5, 0.6) is 5.75 Å². The number of nitrogens with one attached hydrogen (secondary N) is 3. The summed E-state index contributed by atoms with van der Waals surface area (Å²) in [5.41, 5.74) is 12.5. The lowest BCUT2D eigenvalue weighted by Gasteiger charge is -2.27. The van der Waals surface area contributed by atoms with Crippen molar-refractivity contribution in [3.8, 4) is 5.75 Å². The molecule has 0 fully saturated rings. The second-order valence-corrected chi connectivity index (χ2v) is 10.2. The fourth-order valence-corrected chi connectivity index (χ4v) is 3.82. The first-order valence-electron chi connectivity index (χ1n) is 14.5. The molecule has 0 heterocycles. The van der Waals surface area contributed by atoms with Crippen LogP contribution in [0, 0.1) is 0 Å². The Morgan fingerprint density at radius 3 is 1.71 bits per heavy atom. The summed E-state index contributed by atoms with van der Waals surface area (Å²) in [6.07, 6.45) is 0.137. The van der Waals surface area contributed by atoms with Crippen molar-refractivity contribution in [3.63, 3.8) is 0 Å². The van der Waals surface area contributed by atoms with Gasteiger partial charge in [0.05, 0.1) is 19.0 Å². The largest absolute Gasteiger partial charge is 0.508 e. The number of rotatable bonds is 15. The smallest absolute Gasteiger partial charge is 0.305 e. The van der Waals surface area contributed by atoms with Gasteiger partial charge in [0.25, 0.3) is 11.9 Å². The first kappa shape index (κ1) is 42.3. The zero-order valence-electron chi connectivity index (χ0n) is 27.3. The van der Waals surface area contributed by atoms with Crippen molar-refractivity contribution < 1.29 is 49.2 Å². The summed E-state index contributed by atoms with van der Waals surface area (Å²) in [7, 11) is 3.05. The number of aliphatic imine (C=N–C) groups is 1. The van der Waals surface area contributed by atoms with E-state index in [1.807, 2.05) is 6.07 Å². The van der Waals surface area contributed by atoms with E-state index in [4.69, 9.17) is 36.4 Å². The van der Waals surface area contributed by atoms with E-state index in [-0.39, 0.29) is 44.1 Å². The first-order valence-corrected chi connectivity index (χ1v) is 14.5. The number of phenolic OH excluding ortho intramolecular Hbond substituents is 1. The third kappa shape index (κ3) is 19.6. The Bertz CT molecular complexity index is 1350. The topological polar surface area (TPSA) is 287 Å². The monoisotopic (exact) mass is 675 g/mol. The lowest BCUT2D eigenvalue weighted by atomic mass is 10.0. The summed E-state index contributed by atoms with van der Waals surface area (Å²) < 4.78 is 0. The molecule has 0 saturated carbocycles. The number of phenols is 1. The van der Waals surface area contributed by atoms with Gasteiger partial charge in [0.15, 0.2) is 5.96 Å². The molecular formula is C31H45N7O10. The van der Waals surface area contributed by atoms with Crippen molar-refractivity contribution in [3.05, 3.63) is 65.7 Å². The maximum absolute atomic E-state index is 13.4. The molecule has 0 saturated heterocycles. The lowest BCUT2D eigenvalue weighted by Crippen LogP contribution is -2.58. The minimum absolute atomic E-state index is 0.0510. The van der Waals surface area contributed by atoms with Gasteiger partial charge in [-0.3, -0.25) is 33.8 Å². The predicted molar refractivity (Wildman–Crippen MR) is 176 cm³/mol. The molecule has 264 valence electrons. The van der Waals surface area contributed by atoms with Crippen LogP contribution >= 0.6 is 0 Å². The van der Waals surface area contributed by atoms with Gasteiger partial charge < -0.3 is 52.7 Å².